The maximum absolute atomic E-state index is 2.48. The molecule has 0 N–H and O–H groups in total. The molecule has 0 bridgehead atoms. The first kappa shape index (κ1) is 35.8. The van der Waals surface area contributed by atoms with Crippen LogP contribution in [0.5, 0.6) is 0 Å². The maximum atomic E-state index is 2.48. The van der Waals surface area contributed by atoms with Gasteiger partial charge in [-0.25, -0.2) is 0 Å². The molecule has 282 valence electrons. The average Bonchev–Trinajstić information content (AvgIpc) is 3.82. The molecule has 0 saturated heterocycles. The summed E-state index contributed by atoms with van der Waals surface area (Å²) in [5.74, 6) is 0. The summed E-state index contributed by atoms with van der Waals surface area (Å²) in [5.41, 5.74) is 14.7. The van der Waals surface area contributed by atoms with Crippen molar-refractivity contribution in [2.24, 2.45) is 0 Å². The number of benzene rings is 8. The summed E-state index contributed by atoms with van der Waals surface area (Å²) in [4.78, 5) is 0. The van der Waals surface area contributed by atoms with Crippen molar-refractivity contribution in [2.45, 2.75) is 52.4 Å². The Morgan fingerprint density at radius 1 is 0.328 bits per heavy atom. The quantitative estimate of drug-likeness (QED) is 0.155. The zero-order chi connectivity index (χ0) is 39.8. The fraction of sp³-hybridized carbons (Fsp3) is 0.143. The molecule has 58 heavy (non-hydrogen) atoms. The molecule has 0 atom stereocenters. The van der Waals surface area contributed by atoms with Gasteiger partial charge in [0, 0.05) is 27.7 Å². The molecule has 2 nitrogen and oxygen atoms in total. The molecule has 10 aromatic rings. The van der Waals surface area contributed by atoms with Crippen molar-refractivity contribution in [3.05, 3.63) is 193 Å². The second-order valence-corrected chi connectivity index (χ2v) is 17.9. The first-order valence-electron chi connectivity index (χ1n) is 20.5. The Hall–Kier alpha value is -6.64. The lowest BCUT2D eigenvalue weighted by Gasteiger charge is -2.20. The second-order valence-electron chi connectivity index (χ2n) is 17.9. The summed E-state index contributed by atoms with van der Waals surface area (Å²) in [6, 6.07) is 67.8. The van der Waals surface area contributed by atoms with Gasteiger partial charge in [-0.3, -0.25) is 0 Å². The molecule has 0 aliphatic heterocycles. The van der Waals surface area contributed by atoms with Gasteiger partial charge in [0.05, 0.1) is 22.4 Å². The fourth-order valence-electron chi connectivity index (χ4n) is 8.82. The van der Waals surface area contributed by atoms with Gasteiger partial charge in [0.2, 0.25) is 0 Å². The zero-order valence-corrected chi connectivity index (χ0v) is 34.2. The van der Waals surface area contributed by atoms with E-state index in [0.717, 1.165) is 11.4 Å². The highest BCUT2D eigenvalue weighted by atomic mass is 15.0. The average molecular weight is 749 g/mol. The van der Waals surface area contributed by atoms with Crippen molar-refractivity contribution in [2.75, 3.05) is 0 Å². The van der Waals surface area contributed by atoms with Crippen molar-refractivity contribution in [3.8, 4) is 45.0 Å². The highest BCUT2D eigenvalue weighted by molar-refractivity contribution is 6.14. The smallest absolute Gasteiger partial charge is 0.0547 e. The SMILES string of the molecule is CC(C)(C)c1ccc(-n2c(-c3ccccc3)cc3ccc(-c4ccc5cc(-c6cc7ccccc7c7ccccc67)n(-c6ccc(C(C)(C)C)cc6)c5c4)cc32)cc1. The standard InChI is InChI=1S/C56H48N2/c1-55(2,3)43-24-28-45(29-25-43)57-51(37-14-8-7-9-15-37)35-41-22-20-38(33-52(41)57)39-21-23-42-36-54(58(53(42)34-39)46-30-26-44(27-31-46)56(4,5)6)50-32-40-16-10-11-17-47(40)48-18-12-13-19-49(48)50/h7-36H,1-6H3. The number of aromatic nitrogens is 2. The summed E-state index contributed by atoms with van der Waals surface area (Å²) in [6.07, 6.45) is 0. The van der Waals surface area contributed by atoms with E-state index in [0.29, 0.717) is 0 Å². The monoisotopic (exact) mass is 748 g/mol. The van der Waals surface area contributed by atoms with Crippen molar-refractivity contribution in [1.29, 1.82) is 0 Å². The predicted molar refractivity (Wildman–Crippen MR) is 249 cm³/mol. The second kappa shape index (κ2) is 13.5. The van der Waals surface area contributed by atoms with E-state index in [1.54, 1.807) is 0 Å². The predicted octanol–water partition coefficient (Wildman–Crippen LogP) is 15.5. The van der Waals surface area contributed by atoms with Crippen molar-refractivity contribution in [3.63, 3.8) is 0 Å². The van der Waals surface area contributed by atoms with Gasteiger partial charge in [0.1, 0.15) is 0 Å². The van der Waals surface area contributed by atoms with Crippen molar-refractivity contribution in [1.82, 2.24) is 9.13 Å². The van der Waals surface area contributed by atoms with Gasteiger partial charge in [-0.1, -0.05) is 169 Å². The Morgan fingerprint density at radius 2 is 0.793 bits per heavy atom. The molecule has 0 radical (unpaired) electrons. The molecule has 0 spiro atoms. The lowest BCUT2D eigenvalue weighted by atomic mass is 9.87. The van der Waals surface area contributed by atoms with Crippen LogP contribution in [-0.2, 0) is 10.8 Å². The van der Waals surface area contributed by atoms with E-state index in [4.69, 9.17) is 0 Å². The van der Waals surface area contributed by atoms with Gasteiger partial charge >= 0.3 is 0 Å². The van der Waals surface area contributed by atoms with Gasteiger partial charge < -0.3 is 9.13 Å². The molecule has 0 amide bonds. The van der Waals surface area contributed by atoms with Crippen LogP contribution in [-0.4, -0.2) is 9.13 Å². The zero-order valence-electron chi connectivity index (χ0n) is 34.2. The molecular formula is C56H48N2. The lowest BCUT2D eigenvalue weighted by molar-refractivity contribution is 0.590. The van der Waals surface area contributed by atoms with Crippen LogP contribution >= 0.6 is 0 Å². The van der Waals surface area contributed by atoms with Crippen molar-refractivity contribution >= 4 is 43.4 Å². The van der Waals surface area contributed by atoms with Crippen LogP contribution in [0.1, 0.15) is 52.7 Å². The normalized spacial score (nSPS) is 12.3. The van der Waals surface area contributed by atoms with Crippen LogP contribution in [0.25, 0.3) is 88.4 Å². The van der Waals surface area contributed by atoms with Gasteiger partial charge in [0.15, 0.2) is 0 Å². The molecule has 0 fully saturated rings. The number of rotatable bonds is 5. The maximum Gasteiger partial charge on any atom is 0.0547 e. The molecule has 0 aliphatic rings. The first-order valence-corrected chi connectivity index (χ1v) is 20.5. The highest BCUT2D eigenvalue weighted by Crippen LogP contribution is 2.41. The van der Waals surface area contributed by atoms with Crippen LogP contribution < -0.4 is 0 Å². The van der Waals surface area contributed by atoms with E-state index < -0.39 is 0 Å². The minimum absolute atomic E-state index is 0.0626. The van der Waals surface area contributed by atoms with Crippen LogP contribution in [0.4, 0.5) is 0 Å². The molecule has 2 aromatic heterocycles. The van der Waals surface area contributed by atoms with Crippen LogP contribution in [0.2, 0.25) is 0 Å². The summed E-state index contributed by atoms with van der Waals surface area (Å²) in [6.45, 7) is 13.7. The summed E-state index contributed by atoms with van der Waals surface area (Å²) in [7, 11) is 0. The van der Waals surface area contributed by atoms with E-state index in [9.17, 15) is 0 Å². The number of hydrogen-bond acceptors (Lipinski definition) is 0. The molecule has 10 rings (SSSR count). The molecule has 0 saturated carbocycles. The molecule has 2 heteroatoms. The van der Waals surface area contributed by atoms with Gasteiger partial charge in [-0.2, -0.15) is 0 Å². The van der Waals surface area contributed by atoms with E-state index in [-0.39, 0.29) is 10.8 Å². The van der Waals surface area contributed by atoms with Gasteiger partial charge in [0.25, 0.3) is 0 Å². The number of hydrogen-bond donors (Lipinski definition) is 0. The minimum atomic E-state index is 0.0626. The molecule has 8 aromatic carbocycles. The van der Waals surface area contributed by atoms with Crippen LogP contribution in [0.15, 0.2) is 182 Å². The third-order valence-electron chi connectivity index (χ3n) is 12.0. The van der Waals surface area contributed by atoms with Gasteiger partial charge in [-0.05, 0) is 115 Å². The molecular weight excluding hydrogens is 701 g/mol. The minimum Gasteiger partial charge on any atom is -0.309 e. The Kier molecular flexibility index (Phi) is 8.32. The Balaban J connectivity index is 1.19. The molecule has 0 aliphatic carbocycles. The van der Waals surface area contributed by atoms with Gasteiger partial charge in [-0.15, -0.1) is 0 Å². The van der Waals surface area contributed by atoms with E-state index in [1.807, 2.05) is 0 Å². The first-order chi connectivity index (χ1) is 28.0. The van der Waals surface area contributed by atoms with E-state index >= 15 is 0 Å². The fourth-order valence-corrected chi connectivity index (χ4v) is 8.82. The lowest BCUT2D eigenvalue weighted by Crippen LogP contribution is -2.11. The van der Waals surface area contributed by atoms with Crippen molar-refractivity contribution < 1.29 is 0 Å². The highest BCUT2D eigenvalue weighted by Gasteiger charge is 2.20. The topological polar surface area (TPSA) is 9.86 Å². The van der Waals surface area contributed by atoms with Crippen LogP contribution in [0.3, 0.4) is 0 Å². The largest absolute Gasteiger partial charge is 0.309 e. The summed E-state index contributed by atoms with van der Waals surface area (Å²) < 4.78 is 4.91. The summed E-state index contributed by atoms with van der Waals surface area (Å²) >= 11 is 0. The Morgan fingerprint density at radius 3 is 1.34 bits per heavy atom. The van der Waals surface area contributed by atoms with E-state index in [2.05, 4.69) is 233 Å². The number of fused-ring (bicyclic) bond motifs is 5. The third-order valence-corrected chi connectivity index (χ3v) is 12.0. The molecule has 2 heterocycles. The Labute approximate surface area is 341 Å². The molecule has 0 unspecified atom stereocenters. The van der Waals surface area contributed by atoms with Crippen LogP contribution in [0, 0.1) is 0 Å². The summed E-state index contributed by atoms with van der Waals surface area (Å²) in [5, 5.41) is 7.49. The Bertz CT molecular complexity index is 3140. The van der Waals surface area contributed by atoms with E-state index in [1.165, 1.54) is 88.1 Å². The third kappa shape index (κ3) is 6.12. The number of nitrogens with zero attached hydrogens (tertiary/aromatic N) is 2.